The minimum absolute atomic E-state index is 0.0588. The van der Waals surface area contributed by atoms with Gasteiger partial charge in [0.25, 0.3) is 5.91 Å². The molecule has 7 heteroatoms. The van der Waals surface area contributed by atoms with Crippen LogP contribution in [0, 0.1) is 16.7 Å². The van der Waals surface area contributed by atoms with Gasteiger partial charge in [0.05, 0.1) is 6.54 Å². The molecule has 2 bridgehead atoms. The predicted molar refractivity (Wildman–Crippen MR) is 123 cm³/mol. The van der Waals surface area contributed by atoms with Gasteiger partial charge in [0.15, 0.2) is 0 Å². The van der Waals surface area contributed by atoms with Crippen LogP contribution in [0.4, 0.5) is 9.59 Å². The lowest BCUT2D eigenvalue weighted by Crippen LogP contribution is -2.59. The minimum atomic E-state index is -0.555. The number of nitrogens with zero attached hydrogens (tertiary/aromatic N) is 3. The quantitative estimate of drug-likeness (QED) is 0.718. The molecule has 6 rings (SSSR count). The number of carbonyl (C=O) groups is 3. The Labute approximate surface area is 195 Å². The average molecular weight is 451 g/mol. The van der Waals surface area contributed by atoms with E-state index < -0.39 is 6.04 Å². The van der Waals surface area contributed by atoms with Crippen LogP contribution in [0.3, 0.4) is 0 Å². The van der Waals surface area contributed by atoms with Crippen molar-refractivity contribution < 1.29 is 14.4 Å². The molecule has 1 unspecified atom stereocenters. The summed E-state index contributed by atoms with van der Waals surface area (Å²) in [5.41, 5.74) is 1.53. The highest BCUT2D eigenvalue weighted by atomic mass is 16.2. The van der Waals surface area contributed by atoms with E-state index in [-0.39, 0.29) is 53.3 Å². The predicted octanol–water partition coefficient (Wildman–Crippen LogP) is 3.42. The molecule has 1 aromatic rings. The van der Waals surface area contributed by atoms with Gasteiger partial charge in [-0.15, -0.1) is 0 Å². The van der Waals surface area contributed by atoms with E-state index in [1.54, 1.807) is 9.80 Å². The fourth-order valence-electron chi connectivity index (χ4n) is 7.29. The molecule has 1 N–H and O–H groups in total. The van der Waals surface area contributed by atoms with Crippen LogP contribution >= 0.6 is 0 Å². The van der Waals surface area contributed by atoms with E-state index in [1.807, 2.05) is 18.2 Å². The van der Waals surface area contributed by atoms with Crippen molar-refractivity contribution in [1.82, 2.24) is 20.0 Å². The SMILES string of the molecule is CC1(C)C2CC[C@@]1(C)[C@@H](NC(=O)N1CCN3C(=O)N([C@H]4C[C@@H]4c4ccccc4)C(=O)[C@@H]3C1)C2. The zero-order valence-electron chi connectivity index (χ0n) is 19.8. The molecule has 33 heavy (non-hydrogen) atoms. The Kier molecular flexibility index (Phi) is 4.43. The summed E-state index contributed by atoms with van der Waals surface area (Å²) in [7, 11) is 0. The van der Waals surface area contributed by atoms with Crippen molar-refractivity contribution in [2.24, 2.45) is 16.7 Å². The maximum Gasteiger partial charge on any atom is 0.327 e. The second kappa shape index (κ2) is 6.97. The summed E-state index contributed by atoms with van der Waals surface area (Å²) in [6.45, 7) is 8.17. The lowest BCUT2D eigenvalue weighted by molar-refractivity contribution is -0.129. The molecule has 2 heterocycles. The molecule has 5 amide bonds. The monoisotopic (exact) mass is 450 g/mol. The lowest BCUT2D eigenvalue weighted by atomic mass is 9.69. The van der Waals surface area contributed by atoms with Crippen LogP contribution in [0.2, 0.25) is 0 Å². The van der Waals surface area contributed by atoms with Gasteiger partial charge in [0.1, 0.15) is 6.04 Å². The van der Waals surface area contributed by atoms with E-state index in [1.165, 1.54) is 16.9 Å². The van der Waals surface area contributed by atoms with Crippen molar-refractivity contribution in [3.63, 3.8) is 0 Å². The normalized spacial score (nSPS) is 38.6. The van der Waals surface area contributed by atoms with E-state index in [9.17, 15) is 14.4 Å². The minimum Gasteiger partial charge on any atom is -0.335 e. The van der Waals surface area contributed by atoms with Gasteiger partial charge in [-0.1, -0.05) is 51.1 Å². The standard InChI is InChI=1S/C26H34N4O3/c1-25(2)17-9-10-26(25,3)21(13-17)27-23(32)28-11-12-29-20(15-28)22(31)30(24(29)33)19-14-18(19)16-7-5-4-6-8-16/h4-8,17-21H,9-15H2,1-3H3,(H,27,32)/t17?,18-,19+,20+,21+,26+/m1/s1. The molecular weight excluding hydrogens is 416 g/mol. The highest BCUT2D eigenvalue weighted by Gasteiger charge is 2.62. The van der Waals surface area contributed by atoms with Gasteiger partial charge in [-0.25, -0.2) is 9.59 Å². The van der Waals surface area contributed by atoms with Gasteiger partial charge in [-0.05, 0) is 48.0 Å². The number of fused-ring (bicyclic) bond motifs is 3. The largest absolute Gasteiger partial charge is 0.335 e. The number of imide groups is 1. The van der Waals surface area contributed by atoms with Gasteiger partial charge in [0.2, 0.25) is 0 Å². The molecule has 2 saturated heterocycles. The van der Waals surface area contributed by atoms with Crippen molar-refractivity contribution >= 4 is 18.0 Å². The average Bonchev–Trinajstić information content (AvgIpc) is 3.46. The van der Waals surface area contributed by atoms with Gasteiger partial charge in [0, 0.05) is 31.1 Å². The Morgan fingerprint density at radius 2 is 1.82 bits per heavy atom. The van der Waals surface area contributed by atoms with Crippen molar-refractivity contribution in [3.8, 4) is 0 Å². The van der Waals surface area contributed by atoms with Crippen molar-refractivity contribution in [2.75, 3.05) is 19.6 Å². The molecule has 5 aliphatic rings. The fraction of sp³-hybridized carbons (Fsp3) is 0.654. The van der Waals surface area contributed by atoms with Crippen LogP contribution in [0.5, 0.6) is 0 Å². The highest BCUT2D eigenvalue weighted by Crippen LogP contribution is 2.65. The molecule has 1 aromatic carbocycles. The fourth-order valence-corrected chi connectivity index (χ4v) is 7.29. The van der Waals surface area contributed by atoms with E-state index >= 15 is 0 Å². The topological polar surface area (TPSA) is 73.0 Å². The first-order valence-electron chi connectivity index (χ1n) is 12.5. The van der Waals surface area contributed by atoms with Crippen LogP contribution in [0.25, 0.3) is 0 Å². The van der Waals surface area contributed by atoms with Gasteiger partial charge < -0.3 is 15.1 Å². The Morgan fingerprint density at radius 1 is 1.06 bits per heavy atom. The smallest absolute Gasteiger partial charge is 0.327 e. The molecule has 5 fully saturated rings. The number of hydrogen-bond donors (Lipinski definition) is 1. The molecule has 2 aliphatic heterocycles. The summed E-state index contributed by atoms with van der Waals surface area (Å²) >= 11 is 0. The maximum absolute atomic E-state index is 13.3. The molecule has 7 nitrogen and oxygen atoms in total. The lowest BCUT2D eigenvalue weighted by Gasteiger charge is -2.41. The van der Waals surface area contributed by atoms with Gasteiger partial charge >= 0.3 is 12.1 Å². The number of carbonyl (C=O) groups excluding carboxylic acids is 3. The number of piperazine rings is 1. The molecule has 3 aliphatic carbocycles. The first kappa shape index (κ1) is 21.0. The number of nitrogens with one attached hydrogen (secondary N) is 1. The first-order chi connectivity index (χ1) is 15.7. The molecular formula is C26H34N4O3. The molecule has 176 valence electrons. The number of urea groups is 2. The van der Waals surface area contributed by atoms with Crippen LogP contribution in [0.15, 0.2) is 30.3 Å². The number of hydrogen-bond acceptors (Lipinski definition) is 3. The van der Waals surface area contributed by atoms with Crippen molar-refractivity contribution in [1.29, 1.82) is 0 Å². The van der Waals surface area contributed by atoms with Crippen LogP contribution in [0.1, 0.15) is 57.9 Å². The van der Waals surface area contributed by atoms with Crippen LogP contribution < -0.4 is 5.32 Å². The Hall–Kier alpha value is -2.57. The summed E-state index contributed by atoms with van der Waals surface area (Å²) < 4.78 is 0. The number of rotatable bonds is 3. The molecule has 0 spiro atoms. The van der Waals surface area contributed by atoms with Crippen LogP contribution in [-0.4, -0.2) is 70.4 Å². The third kappa shape index (κ3) is 2.90. The van der Waals surface area contributed by atoms with Gasteiger partial charge in [-0.2, -0.15) is 0 Å². The summed E-state index contributed by atoms with van der Waals surface area (Å²) in [4.78, 5) is 44.5. The summed E-state index contributed by atoms with van der Waals surface area (Å²) in [5.74, 6) is 0.735. The molecule has 0 aromatic heterocycles. The number of amides is 5. The Balaban J connectivity index is 1.12. The zero-order valence-corrected chi connectivity index (χ0v) is 19.8. The summed E-state index contributed by atoms with van der Waals surface area (Å²) in [6.07, 6.45) is 4.25. The maximum atomic E-state index is 13.3. The molecule has 3 saturated carbocycles. The second-order valence-electron chi connectivity index (χ2n) is 11.6. The van der Waals surface area contributed by atoms with Gasteiger partial charge in [-0.3, -0.25) is 9.69 Å². The Bertz CT molecular complexity index is 1010. The molecule has 6 atom stereocenters. The van der Waals surface area contributed by atoms with E-state index in [4.69, 9.17) is 0 Å². The second-order valence-corrected chi connectivity index (χ2v) is 11.6. The zero-order chi connectivity index (χ0) is 23.1. The third-order valence-corrected chi connectivity index (χ3v) is 10.0. The van der Waals surface area contributed by atoms with Crippen LogP contribution in [-0.2, 0) is 4.79 Å². The Morgan fingerprint density at radius 3 is 2.48 bits per heavy atom. The van der Waals surface area contributed by atoms with Crippen molar-refractivity contribution in [3.05, 3.63) is 35.9 Å². The summed E-state index contributed by atoms with van der Waals surface area (Å²) in [6, 6.07) is 9.38. The first-order valence-corrected chi connectivity index (χ1v) is 12.5. The molecule has 0 radical (unpaired) electrons. The summed E-state index contributed by atoms with van der Waals surface area (Å²) in [5, 5.41) is 3.32. The third-order valence-electron chi connectivity index (χ3n) is 10.0. The van der Waals surface area contributed by atoms with Crippen molar-refractivity contribution in [2.45, 2.75) is 70.5 Å². The highest BCUT2D eigenvalue weighted by molar-refractivity contribution is 6.05. The van der Waals surface area contributed by atoms with E-state index in [0.717, 1.165) is 19.3 Å². The van der Waals surface area contributed by atoms with E-state index in [2.05, 4.69) is 38.2 Å². The van der Waals surface area contributed by atoms with E-state index in [0.29, 0.717) is 19.0 Å². The number of benzene rings is 1.